The highest BCUT2D eigenvalue weighted by Crippen LogP contribution is 2.22. The molecular weight excluding hydrogens is 238 g/mol. The molecular formula is C15H23N3O. The van der Waals surface area contributed by atoms with Gasteiger partial charge >= 0.3 is 0 Å². The fourth-order valence-corrected chi connectivity index (χ4v) is 2.56. The predicted octanol–water partition coefficient (Wildman–Crippen LogP) is 1.81. The molecule has 4 nitrogen and oxygen atoms in total. The molecule has 1 amide bonds. The zero-order valence-corrected chi connectivity index (χ0v) is 11.7. The summed E-state index contributed by atoms with van der Waals surface area (Å²) in [6.45, 7) is 5.55. The van der Waals surface area contributed by atoms with E-state index in [1.807, 2.05) is 6.92 Å². The number of hydrogen-bond acceptors (Lipinski definition) is 3. The number of carbonyl (C=O) groups excluding carboxylic acids is 1. The van der Waals surface area contributed by atoms with Crippen molar-refractivity contribution in [2.24, 2.45) is 5.73 Å². The zero-order chi connectivity index (χ0) is 13.8. The summed E-state index contributed by atoms with van der Waals surface area (Å²) in [6, 6.07) is 8.88. The van der Waals surface area contributed by atoms with Crippen LogP contribution in [0.1, 0.15) is 38.3 Å². The Morgan fingerprint density at radius 2 is 1.89 bits per heavy atom. The zero-order valence-electron chi connectivity index (χ0n) is 11.7. The second kappa shape index (κ2) is 6.06. The normalized spacial score (nSPS) is 18.2. The molecule has 0 saturated carbocycles. The molecule has 0 spiro atoms. The van der Waals surface area contributed by atoms with Crippen molar-refractivity contribution in [3.8, 4) is 0 Å². The van der Waals surface area contributed by atoms with Crippen LogP contribution in [-0.4, -0.2) is 25.0 Å². The van der Waals surface area contributed by atoms with Gasteiger partial charge in [0.05, 0.1) is 0 Å². The van der Waals surface area contributed by atoms with Gasteiger partial charge in [-0.3, -0.25) is 4.79 Å². The quantitative estimate of drug-likeness (QED) is 0.872. The highest BCUT2D eigenvalue weighted by molar-refractivity contribution is 5.73. The maximum absolute atomic E-state index is 11.0. The minimum atomic E-state index is 0.0692. The molecule has 0 bridgehead atoms. The highest BCUT2D eigenvalue weighted by Gasteiger charge is 2.19. The lowest BCUT2D eigenvalue weighted by Crippen LogP contribution is -2.44. The lowest BCUT2D eigenvalue weighted by molar-refractivity contribution is -0.119. The largest absolute Gasteiger partial charge is 0.371 e. The second-order valence-corrected chi connectivity index (χ2v) is 5.34. The topological polar surface area (TPSA) is 58.4 Å². The lowest BCUT2D eigenvalue weighted by atomic mass is 10.0. The number of anilines is 1. The molecule has 0 aromatic heterocycles. The minimum absolute atomic E-state index is 0.0692. The maximum Gasteiger partial charge on any atom is 0.217 e. The monoisotopic (exact) mass is 261 g/mol. The summed E-state index contributed by atoms with van der Waals surface area (Å²) >= 11 is 0. The van der Waals surface area contributed by atoms with E-state index in [0.29, 0.717) is 6.04 Å². The van der Waals surface area contributed by atoms with Crippen LogP contribution in [0.2, 0.25) is 0 Å². The van der Waals surface area contributed by atoms with E-state index >= 15 is 0 Å². The predicted molar refractivity (Wildman–Crippen MR) is 78.1 cm³/mol. The number of nitrogens with one attached hydrogen (secondary N) is 1. The SMILES string of the molecule is CC(=O)NC1CCN(c2ccc([C@@H](C)N)cc2)CC1. The molecule has 0 unspecified atom stereocenters. The van der Waals surface area contributed by atoms with Gasteiger partial charge in [0.25, 0.3) is 0 Å². The van der Waals surface area contributed by atoms with Crippen molar-refractivity contribution in [1.82, 2.24) is 5.32 Å². The fraction of sp³-hybridized carbons (Fsp3) is 0.533. The molecule has 104 valence electrons. The Hall–Kier alpha value is -1.55. The Morgan fingerprint density at radius 3 is 2.37 bits per heavy atom. The first kappa shape index (κ1) is 13.9. The van der Waals surface area contributed by atoms with E-state index in [0.717, 1.165) is 31.5 Å². The van der Waals surface area contributed by atoms with Crippen LogP contribution < -0.4 is 16.0 Å². The number of hydrogen-bond donors (Lipinski definition) is 2. The van der Waals surface area contributed by atoms with E-state index in [2.05, 4.69) is 34.5 Å². The van der Waals surface area contributed by atoms with Gasteiger partial charge in [-0.05, 0) is 37.5 Å². The molecule has 1 aromatic rings. The number of carbonyl (C=O) groups is 1. The number of nitrogens with two attached hydrogens (primary N) is 1. The molecule has 3 N–H and O–H groups in total. The van der Waals surface area contributed by atoms with Crippen molar-refractivity contribution >= 4 is 11.6 Å². The van der Waals surface area contributed by atoms with Crippen LogP contribution in [0.4, 0.5) is 5.69 Å². The Bertz CT molecular complexity index is 420. The third kappa shape index (κ3) is 3.70. The van der Waals surface area contributed by atoms with Gasteiger partial charge in [0.15, 0.2) is 0 Å². The average molecular weight is 261 g/mol. The van der Waals surface area contributed by atoms with Crippen LogP contribution in [0, 0.1) is 0 Å². The van der Waals surface area contributed by atoms with Gasteiger partial charge in [0, 0.05) is 37.8 Å². The van der Waals surface area contributed by atoms with Gasteiger partial charge in [0.1, 0.15) is 0 Å². The van der Waals surface area contributed by atoms with Crippen molar-refractivity contribution in [2.75, 3.05) is 18.0 Å². The summed E-state index contributed by atoms with van der Waals surface area (Å²) in [4.78, 5) is 13.4. The second-order valence-electron chi connectivity index (χ2n) is 5.34. The molecule has 2 rings (SSSR count). The van der Waals surface area contributed by atoms with Gasteiger partial charge in [-0.25, -0.2) is 0 Å². The van der Waals surface area contributed by atoms with Crippen LogP contribution in [0.15, 0.2) is 24.3 Å². The minimum Gasteiger partial charge on any atom is -0.371 e. The van der Waals surface area contributed by atoms with Gasteiger partial charge in [-0.15, -0.1) is 0 Å². The Kier molecular flexibility index (Phi) is 4.43. The first-order valence-electron chi connectivity index (χ1n) is 6.94. The lowest BCUT2D eigenvalue weighted by Gasteiger charge is -2.34. The van der Waals surface area contributed by atoms with E-state index in [9.17, 15) is 4.79 Å². The number of piperidine rings is 1. The van der Waals surface area contributed by atoms with Gasteiger partial charge in [-0.2, -0.15) is 0 Å². The Labute approximate surface area is 115 Å². The van der Waals surface area contributed by atoms with Crippen LogP contribution in [0.5, 0.6) is 0 Å². The standard InChI is InChI=1S/C15H23N3O/c1-11(16)13-3-5-15(6-4-13)18-9-7-14(8-10-18)17-12(2)19/h3-6,11,14H,7-10,16H2,1-2H3,(H,17,19)/t11-/m1/s1. The smallest absolute Gasteiger partial charge is 0.217 e. The number of rotatable bonds is 3. The first-order valence-corrected chi connectivity index (χ1v) is 6.94. The van der Waals surface area contributed by atoms with Crippen molar-refractivity contribution in [1.29, 1.82) is 0 Å². The van der Waals surface area contributed by atoms with Crippen molar-refractivity contribution in [3.05, 3.63) is 29.8 Å². The van der Waals surface area contributed by atoms with E-state index in [1.54, 1.807) is 6.92 Å². The van der Waals surface area contributed by atoms with Crippen LogP contribution in [-0.2, 0) is 4.79 Å². The third-order valence-electron chi connectivity index (χ3n) is 3.69. The Morgan fingerprint density at radius 1 is 1.32 bits per heavy atom. The summed E-state index contributed by atoms with van der Waals surface area (Å²) in [7, 11) is 0. The molecule has 0 radical (unpaired) electrons. The number of benzene rings is 1. The van der Waals surface area contributed by atoms with Crippen molar-refractivity contribution in [3.63, 3.8) is 0 Å². The average Bonchev–Trinajstić information content (AvgIpc) is 2.39. The van der Waals surface area contributed by atoms with Gasteiger partial charge in [0.2, 0.25) is 5.91 Å². The first-order chi connectivity index (χ1) is 9.06. The summed E-state index contributed by atoms with van der Waals surface area (Å²) in [6.07, 6.45) is 2.02. The summed E-state index contributed by atoms with van der Waals surface area (Å²) in [5.74, 6) is 0.0692. The van der Waals surface area contributed by atoms with E-state index in [4.69, 9.17) is 5.73 Å². The molecule has 0 aliphatic carbocycles. The van der Waals surface area contributed by atoms with Crippen LogP contribution in [0.3, 0.4) is 0 Å². The van der Waals surface area contributed by atoms with E-state index in [-0.39, 0.29) is 11.9 Å². The molecule has 1 aromatic carbocycles. The Balaban J connectivity index is 1.92. The van der Waals surface area contributed by atoms with Crippen LogP contribution >= 0.6 is 0 Å². The molecule has 1 atom stereocenters. The van der Waals surface area contributed by atoms with Crippen LogP contribution in [0.25, 0.3) is 0 Å². The van der Waals surface area contributed by atoms with Gasteiger partial charge in [-0.1, -0.05) is 12.1 Å². The third-order valence-corrected chi connectivity index (χ3v) is 3.69. The van der Waals surface area contributed by atoms with Gasteiger partial charge < -0.3 is 16.0 Å². The molecule has 1 fully saturated rings. The maximum atomic E-state index is 11.0. The summed E-state index contributed by atoms with van der Waals surface area (Å²) in [5, 5.41) is 3.00. The highest BCUT2D eigenvalue weighted by atomic mass is 16.1. The molecule has 1 aliphatic rings. The van der Waals surface area contributed by atoms with Crippen molar-refractivity contribution in [2.45, 2.75) is 38.8 Å². The summed E-state index contributed by atoms with van der Waals surface area (Å²) in [5.41, 5.74) is 8.26. The number of nitrogens with zero attached hydrogens (tertiary/aromatic N) is 1. The molecule has 19 heavy (non-hydrogen) atoms. The number of amides is 1. The summed E-state index contributed by atoms with van der Waals surface area (Å²) < 4.78 is 0. The van der Waals surface area contributed by atoms with E-state index < -0.39 is 0 Å². The molecule has 1 saturated heterocycles. The molecule has 4 heteroatoms. The molecule has 1 aliphatic heterocycles. The van der Waals surface area contributed by atoms with Crippen molar-refractivity contribution < 1.29 is 4.79 Å². The van der Waals surface area contributed by atoms with E-state index in [1.165, 1.54) is 5.69 Å². The molecule has 1 heterocycles. The fourth-order valence-electron chi connectivity index (χ4n) is 2.56.